The number of aromatic nitrogens is 4. The van der Waals surface area contributed by atoms with Gasteiger partial charge in [0.1, 0.15) is 12.1 Å². The first-order chi connectivity index (χ1) is 8.38. The molecule has 0 amide bonds. The third kappa shape index (κ3) is 1.67. The average Bonchev–Trinajstić information content (AvgIpc) is 2.91. The number of fused-ring (bicyclic) bond motifs is 1. The molecule has 0 bridgehead atoms. The smallest absolute Gasteiger partial charge is 0.196 e. The lowest BCUT2D eigenvalue weighted by Crippen LogP contribution is -2.00. The van der Waals surface area contributed by atoms with Crippen molar-refractivity contribution in [2.45, 2.75) is 6.42 Å². The number of nitrogens with one attached hydrogen (secondary N) is 1. The largest absolute Gasteiger partial charge is 0.490 e. The highest BCUT2D eigenvalue weighted by Gasteiger charge is 2.13. The number of hydrogen-bond donors (Lipinski definition) is 1. The summed E-state index contributed by atoms with van der Waals surface area (Å²) in [7, 11) is 1.80. The Morgan fingerprint density at radius 3 is 3.00 bits per heavy atom. The van der Waals surface area contributed by atoms with E-state index < -0.39 is 0 Å². The van der Waals surface area contributed by atoms with Crippen LogP contribution < -0.4 is 5.32 Å². The Morgan fingerprint density at radius 1 is 1.29 bits per heavy atom. The molecule has 0 spiro atoms. The molecular weight excluding hydrogens is 218 g/mol. The Morgan fingerprint density at radius 2 is 2.24 bits per heavy atom. The maximum atomic E-state index is 5.42. The van der Waals surface area contributed by atoms with E-state index in [1.54, 1.807) is 13.2 Å². The molecule has 0 atom stereocenters. The van der Waals surface area contributed by atoms with Gasteiger partial charge in [-0.25, -0.2) is 19.9 Å². The van der Waals surface area contributed by atoms with Crippen LogP contribution in [0.2, 0.25) is 0 Å². The fraction of sp³-hybridized carbons (Fsp3) is 0.273. The molecule has 0 saturated heterocycles. The Bertz CT molecular complexity index is 595. The topological polar surface area (TPSA) is 72.8 Å². The van der Waals surface area contributed by atoms with Gasteiger partial charge in [-0.05, 0) is 6.08 Å². The highest BCUT2D eigenvalue weighted by atomic mass is 16.5. The van der Waals surface area contributed by atoms with E-state index in [4.69, 9.17) is 4.74 Å². The molecule has 0 aromatic carbocycles. The molecule has 1 N–H and O–H groups in total. The van der Waals surface area contributed by atoms with Gasteiger partial charge in [0, 0.05) is 19.7 Å². The van der Waals surface area contributed by atoms with Crippen LogP contribution in [0.1, 0.15) is 12.2 Å². The third-order valence-electron chi connectivity index (χ3n) is 2.55. The monoisotopic (exact) mass is 229 g/mol. The first-order valence-electron chi connectivity index (χ1n) is 5.37. The molecule has 1 aliphatic heterocycles. The van der Waals surface area contributed by atoms with Gasteiger partial charge in [-0.2, -0.15) is 0 Å². The van der Waals surface area contributed by atoms with Crippen LogP contribution in [0.5, 0.6) is 0 Å². The molecule has 0 saturated carbocycles. The zero-order valence-electron chi connectivity index (χ0n) is 9.34. The normalized spacial score (nSPS) is 14.5. The van der Waals surface area contributed by atoms with E-state index in [-0.39, 0.29) is 0 Å². The molecule has 0 aliphatic carbocycles. The molecule has 17 heavy (non-hydrogen) atoms. The van der Waals surface area contributed by atoms with Gasteiger partial charge in [0.25, 0.3) is 0 Å². The maximum Gasteiger partial charge on any atom is 0.196 e. The lowest BCUT2D eigenvalue weighted by molar-refractivity contribution is 0.305. The van der Waals surface area contributed by atoms with Crippen molar-refractivity contribution in [1.82, 2.24) is 19.9 Å². The highest BCUT2D eigenvalue weighted by molar-refractivity contribution is 5.85. The van der Waals surface area contributed by atoms with Crippen molar-refractivity contribution in [3.05, 3.63) is 24.4 Å². The molecule has 6 nitrogen and oxygen atoms in total. The molecule has 2 aromatic rings. The van der Waals surface area contributed by atoms with E-state index in [1.165, 1.54) is 6.33 Å². The highest BCUT2D eigenvalue weighted by Crippen LogP contribution is 2.21. The van der Waals surface area contributed by atoms with Crippen molar-refractivity contribution in [2.75, 3.05) is 19.0 Å². The van der Waals surface area contributed by atoms with Gasteiger partial charge in [-0.3, -0.25) is 0 Å². The van der Waals surface area contributed by atoms with E-state index in [0.717, 1.165) is 23.4 Å². The predicted molar refractivity (Wildman–Crippen MR) is 63.2 cm³/mol. The molecule has 6 heteroatoms. The summed E-state index contributed by atoms with van der Waals surface area (Å²) >= 11 is 0. The fourth-order valence-electron chi connectivity index (χ4n) is 1.74. The quantitative estimate of drug-likeness (QED) is 0.834. The first kappa shape index (κ1) is 9.95. The SMILES string of the molecule is CNc1ncnc2nc(C3=CCCO3)ncc12. The van der Waals surface area contributed by atoms with Gasteiger partial charge in [0.15, 0.2) is 17.2 Å². The maximum absolute atomic E-state index is 5.42. The Labute approximate surface area is 97.8 Å². The summed E-state index contributed by atoms with van der Waals surface area (Å²) in [5.41, 5.74) is 0.616. The van der Waals surface area contributed by atoms with Crippen LogP contribution in [0.25, 0.3) is 16.8 Å². The minimum atomic E-state index is 0.579. The average molecular weight is 229 g/mol. The van der Waals surface area contributed by atoms with Gasteiger partial charge in [-0.1, -0.05) is 0 Å². The first-order valence-corrected chi connectivity index (χ1v) is 5.37. The number of hydrogen-bond acceptors (Lipinski definition) is 6. The van der Waals surface area contributed by atoms with Crippen LogP contribution in [0.4, 0.5) is 5.82 Å². The van der Waals surface area contributed by atoms with Gasteiger partial charge >= 0.3 is 0 Å². The lowest BCUT2D eigenvalue weighted by atomic mass is 10.3. The summed E-state index contributed by atoms with van der Waals surface area (Å²) in [6.07, 6.45) is 6.09. The van der Waals surface area contributed by atoms with Crippen LogP contribution in [-0.2, 0) is 4.74 Å². The molecule has 86 valence electrons. The molecule has 2 aromatic heterocycles. The number of ether oxygens (including phenoxy) is 1. The Balaban J connectivity index is 2.13. The van der Waals surface area contributed by atoms with Crippen LogP contribution in [0, 0.1) is 0 Å². The van der Waals surface area contributed by atoms with Crippen LogP contribution in [0.15, 0.2) is 18.6 Å². The number of rotatable bonds is 2. The summed E-state index contributed by atoms with van der Waals surface area (Å²) in [5.74, 6) is 2.04. The van der Waals surface area contributed by atoms with Crippen LogP contribution >= 0.6 is 0 Å². The summed E-state index contributed by atoms with van der Waals surface area (Å²) in [4.78, 5) is 16.9. The van der Waals surface area contributed by atoms with Crippen molar-refractivity contribution < 1.29 is 4.74 Å². The third-order valence-corrected chi connectivity index (χ3v) is 2.55. The van der Waals surface area contributed by atoms with Crippen molar-refractivity contribution in [2.24, 2.45) is 0 Å². The second kappa shape index (κ2) is 3.97. The van der Waals surface area contributed by atoms with Crippen molar-refractivity contribution in [1.29, 1.82) is 0 Å². The minimum absolute atomic E-state index is 0.579. The lowest BCUT2D eigenvalue weighted by Gasteiger charge is -2.05. The Kier molecular flexibility index (Phi) is 2.32. The van der Waals surface area contributed by atoms with Gasteiger partial charge in [0.2, 0.25) is 0 Å². The standard InChI is InChI=1S/C11H11N5O/c1-12-9-7-5-13-11(8-3-2-4-17-8)16-10(7)15-6-14-9/h3,5-6H,2,4H2,1H3,(H,12,13,14,15,16). The van der Waals surface area contributed by atoms with E-state index in [9.17, 15) is 0 Å². The van der Waals surface area contributed by atoms with E-state index >= 15 is 0 Å². The second-order valence-electron chi connectivity index (χ2n) is 3.61. The minimum Gasteiger partial charge on any atom is -0.490 e. The molecule has 3 rings (SSSR count). The van der Waals surface area contributed by atoms with Crippen molar-refractivity contribution in [3.8, 4) is 0 Å². The van der Waals surface area contributed by atoms with Crippen molar-refractivity contribution >= 4 is 22.6 Å². The van der Waals surface area contributed by atoms with E-state index in [2.05, 4.69) is 25.3 Å². The molecule has 0 unspecified atom stereocenters. The summed E-state index contributed by atoms with van der Waals surface area (Å²) in [6, 6.07) is 0. The van der Waals surface area contributed by atoms with E-state index in [1.807, 2.05) is 6.08 Å². The summed E-state index contributed by atoms with van der Waals surface area (Å²) in [5, 5.41) is 3.79. The zero-order chi connectivity index (χ0) is 11.7. The van der Waals surface area contributed by atoms with Gasteiger partial charge < -0.3 is 10.1 Å². The van der Waals surface area contributed by atoms with E-state index in [0.29, 0.717) is 18.1 Å². The van der Waals surface area contributed by atoms with Crippen LogP contribution in [0.3, 0.4) is 0 Å². The molecular formula is C11H11N5O. The summed E-state index contributed by atoms with van der Waals surface area (Å²) < 4.78 is 5.42. The molecule has 1 aliphatic rings. The molecule has 3 heterocycles. The molecule has 0 fully saturated rings. The summed E-state index contributed by atoms with van der Waals surface area (Å²) in [6.45, 7) is 0.697. The molecule has 0 radical (unpaired) electrons. The van der Waals surface area contributed by atoms with Crippen molar-refractivity contribution in [3.63, 3.8) is 0 Å². The predicted octanol–water partition coefficient (Wildman–Crippen LogP) is 1.22. The van der Waals surface area contributed by atoms with Gasteiger partial charge in [-0.15, -0.1) is 0 Å². The number of anilines is 1. The van der Waals surface area contributed by atoms with Crippen LogP contribution in [-0.4, -0.2) is 33.6 Å². The zero-order valence-corrected chi connectivity index (χ0v) is 9.34. The number of nitrogens with zero attached hydrogens (tertiary/aromatic N) is 4. The fourth-order valence-corrected chi connectivity index (χ4v) is 1.74. The Hall–Kier alpha value is -2.24. The second-order valence-corrected chi connectivity index (χ2v) is 3.61. The van der Waals surface area contributed by atoms with Gasteiger partial charge in [0.05, 0.1) is 12.0 Å².